The maximum Gasteiger partial charge on any atom is 0.330 e. The normalized spacial score (nSPS) is 10.9. The van der Waals surface area contributed by atoms with E-state index in [1.165, 1.54) is 70.3 Å². The van der Waals surface area contributed by atoms with Gasteiger partial charge in [0.2, 0.25) is 0 Å². The lowest BCUT2D eigenvalue weighted by Gasteiger charge is -2.02. The number of rotatable bonds is 15. The smallest absolute Gasteiger partial charge is 0.330 e. The van der Waals surface area contributed by atoms with Crippen LogP contribution in [0.15, 0.2) is 24.8 Å². The molecule has 0 amide bonds. The predicted molar refractivity (Wildman–Crippen MR) is 91.4 cm³/mol. The minimum Gasteiger partial charge on any atom is -0.463 e. The van der Waals surface area contributed by atoms with E-state index in [0.717, 1.165) is 12.8 Å². The average Bonchev–Trinajstić information content (AvgIpc) is 2.50. The zero-order valence-corrected chi connectivity index (χ0v) is 13.9. The molecular formula is C19H34O2. The van der Waals surface area contributed by atoms with E-state index >= 15 is 0 Å². The Hall–Kier alpha value is -1.05. The fourth-order valence-electron chi connectivity index (χ4n) is 2.23. The number of carbonyl (C=O) groups excluding carboxylic acids is 1. The standard InChI is InChI=1S/C19H34O2/c1-3-5-6-7-8-9-10-11-12-13-14-15-16-17-18-21-19(20)4-2/h4,9-10H,2-3,5-8,11-18H2,1H3/b10-9-. The summed E-state index contributed by atoms with van der Waals surface area (Å²) >= 11 is 0. The first kappa shape index (κ1) is 19.9. The van der Waals surface area contributed by atoms with Crippen molar-refractivity contribution in [3.63, 3.8) is 0 Å². The summed E-state index contributed by atoms with van der Waals surface area (Å²) in [5.41, 5.74) is 0. The van der Waals surface area contributed by atoms with Crippen molar-refractivity contribution in [2.45, 2.75) is 84.0 Å². The highest BCUT2D eigenvalue weighted by Gasteiger charge is 1.95. The topological polar surface area (TPSA) is 26.3 Å². The Bertz CT molecular complexity index is 269. The second kappa shape index (κ2) is 17.0. The van der Waals surface area contributed by atoms with E-state index in [2.05, 4.69) is 25.7 Å². The molecule has 0 fully saturated rings. The molecular weight excluding hydrogens is 260 g/mol. The van der Waals surface area contributed by atoms with Crippen molar-refractivity contribution in [2.24, 2.45) is 0 Å². The largest absolute Gasteiger partial charge is 0.463 e. The Labute approximate surface area is 131 Å². The van der Waals surface area contributed by atoms with Gasteiger partial charge in [0, 0.05) is 6.08 Å². The highest BCUT2D eigenvalue weighted by molar-refractivity contribution is 5.81. The van der Waals surface area contributed by atoms with Gasteiger partial charge in [0.25, 0.3) is 0 Å². The van der Waals surface area contributed by atoms with Crippen LogP contribution in [-0.2, 0) is 9.53 Å². The predicted octanol–water partition coefficient (Wildman–Crippen LogP) is 5.97. The van der Waals surface area contributed by atoms with Gasteiger partial charge < -0.3 is 4.74 Å². The van der Waals surface area contributed by atoms with Gasteiger partial charge in [0.1, 0.15) is 0 Å². The Morgan fingerprint density at radius 3 is 1.95 bits per heavy atom. The van der Waals surface area contributed by atoms with Gasteiger partial charge in [-0.2, -0.15) is 0 Å². The van der Waals surface area contributed by atoms with Crippen molar-refractivity contribution >= 4 is 5.97 Å². The molecule has 0 unspecified atom stereocenters. The zero-order chi connectivity index (χ0) is 15.6. The van der Waals surface area contributed by atoms with Gasteiger partial charge in [-0.1, -0.05) is 70.6 Å². The summed E-state index contributed by atoms with van der Waals surface area (Å²) in [5, 5.41) is 0. The third-order valence-electron chi connectivity index (χ3n) is 3.57. The molecule has 0 rings (SSSR count). The van der Waals surface area contributed by atoms with Crippen LogP contribution in [0.25, 0.3) is 0 Å². The molecule has 0 aromatic rings. The van der Waals surface area contributed by atoms with Crippen LogP contribution in [0.4, 0.5) is 0 Å². The first-order chi connectivity index (χ1) is 10.3. The number of esters is 1. The van der Waals surface area contributed by atoms with Crippen molar-refractivity contribution < 1.29 is 9.53 Å². The molecule has 0 aliphatic heterocycles. The van der Waals surface area contributed by atoms with Gasteiger partial charge >= 0.3 is 5.97 Å². The number of unbranched alkanes of at least 4 members (excludes halogenated alkanes) is 10. The first-order valence-electron chi connectivity index (χ1n) is 8.75. The molecule has 0 N–H and O–H groups in total. The lowest BCUT2D eigenvalue weighted by Crippen LogP contribution is -2.01. The molecule has 0 aromatic heterocycles. The van der Waals surface area contributed by atoms with Crippen molar-refractivity contribution in [2.75, 3.05) is 6.61 Å². The van der Waals surface area contributed by atoms with Crippen LogP contribution in [0.1, 0.15) is 84.0 Å². The lowest BCUT2D eigenvalue weighted by molar-refractivity contribution is -0.137. The highest BCUT2D eigenvalue weighted by Crippen LogP contribution is 2.09. The van der Waals surface area contributed by atoms with Crippen molar-refractivity contribution in [3.8, 4) is 0 Å². The number of ether oxygens (including phenoxy) is 1. The summed E-state index contributed by atoms with van der Waals surface area (Å²) in [6.07, 6.45) is 21.1. The summed E-state index contributed by atoms with van der Waals surface area (Å²) in [6.45, 7) is 6.16. The van der Waals surface area contributed by atoms with Crippen molar-refractivity contribution in [1.29, 1.82) is 0 Å². The van der Waals surface area contributed by atoms with E-state index in [4.69, 9.17) is 4.74 Å². The summed E-state index contributed by atoms with van der Waals surface area (Å²) in [6, 6.07) is 0. The number of hydrogen-bond donors (Lipinski definition) is 0. The summed E-state index contributed by atoms with van der Waals surface area (Å²) < 4.78 is 4.93. The fraction of sp³-hybridized carbons (Fsp3) is 0.737. The number of carbonyl (C=O) groups is 1. The first-order valence-corrected chi connectivity index (χ1v) is 8.75. The minimum absolute atomic E-state index is 0.309. The molecule has 0 bridgehead atoms. The average molecular weight is 294 g/mol. The van der Waals surface area contributed by atoms with E-state index in [1.807, 2.05) is 0 Å². The molecule has 0 radical (unpaired) electrons. The van der Waals surface area contributed by atoms with Crippen LogP contribution in [0, 0.1) is 0 Å². The molecule has 0 aliphatic rings. The lowest BCUT2D eigenvalue weighted by atomic mass is 10.1. The quantitative estimate of drug-likeness (QED) is 0.161. The Balaban J connectivity index is 3.10. The fourth-order valence-corrected chi connectivity index (χ4v) is 2.23. The molecule has 0 atom stereocenters. The van der Waals surface area contributed by atoms with E-state index < -0.39 is 0 Å². The summed E-state index contributed by atoms with van der Waals surface area (Å²) in [4.78, 5) is 10.8. The summed E-state index contributed by atoms with van der Waals surface area (Å²) in [7, 11) is 0. The van der Waals surface area contributed by atoms with Gasteiger partial charge in [-0.25, -0.2) is 4.79 Å². The molecule has 0 saturated carbocycles. The zero-order valence-electron chi connectivity index (χ0n) is 13.9. The highest BCUT2D eigenvalue weighted by atomic mass is 16.5. The molecule has 0 saturated heterocycles. The molecule has 0 aromatic carbocycles. The van der Waals surface area contributed by atoms with Gasteiger partial charge in [0.05, 0.1) is 6.61 Å². The van der Waals surface area contributed by atoms with Gasteiger partial charge in [0.15, 0.2) is 0 Å². The van der Waals surface area contributed by atoms with Crippen LogP contribution in [-0.4, -0.2) is 12.6 Å². The van der Waals surface area contributed by atoms with Crippen LogP contribution in [0.3, 0.4) is 0 Å². The van der Waals surface area contributed by atoms with E-state index in [1.54, 1.807) is 0 Å². The maximum atomic E-state index is 10.8. The van der Waals surface area contributed by atoms with E-state index in [-0.39, 0.29) is 5.97 Å². The van der Waals surface area contributed by atoms with Gasteiger partial charge in [-0.05, 0) is 32.1 Å². The molecule has 2 heteroatoms. The monoisotopic (exact) mass is 294 g/mol. The minimum atomic E-state index is -0.309. The van der Waals surface area contributed by atoms with Crippen molar-refractivity contribution in [1.82, 2.24) is 0 Å². The maximum absolute atomic E-state index is 10.8. The third-order valence-corrected chi connectivity index (χ3v) is 3.57. The Morgan fingerprint density at radius 1 is 0.857 bits per heavy atom. The molecule has 0 heterocycles. The van der Waals surface area contributed by atoms with E-state index in [0.29, 0.717) is 6.61 Å². The van der Waals surface area contributed by atoms with Crippen molar-refractivity contribution in [3.05, 3.63) is 24.8 Å². The molecule has 122 valence electrons. The molecule has 0 spiro atoms. The number of allylic oxidation sites excluding steroid dienone is 2. The van der Waals surface area contributed by atoms with Crippen LogP contribution < -0.4 is 0 Å². The SMILES string of the molecule is C=CC(=O)OCCCCCCCC/C=C\CCCCCC. The molecule has 2 nitrogen and oxygen atoms in total. The van der Waals surface area contributed by atoms with Crippen LogP contribution in [0.5, 0.6) is 0 Å². The summed E-state index contributed by atoms with van der Waals surface area (Å²) in [5.74, 6) is -0.309. The van der Waals surface area contributed by atoms with Gasteiger partial charge in [-0.3, -0.25) is 0 Å². The third kappa shape index (κ3) is 16.9. The molecule has 21 heavy (non-hydrogen) atoms. The second-order valence-electron chi connectivity index (χ2n) is 5.60. The van der Waals surface area contributed by atoms with Gasteiger partial charge in [-0.15, -0.1) is 0 Å². The Morgan fingerprint density at radius 2 is 1.38 bits per heavy atom. The van der Waals surface area contributed by atoms with Crippen LogP contribution >= 0.6 is 0 Å². The molecule has 0 aliphatic carbocycles. The number of hydrogen-bond acceptors (Lipinski definition) is 2. The van der Waals surface area contributed by atoms with E-state index in [9.17, 15) is 4.79 Å². The van der Waals surface area contributed by atoms with Crippen LogP contribution in [0.2, 0.25) is 0 Å². The second-order valence-corrected chi connectivity index (χ2v) is 5.60. The Kier molecular flexibility index (Phi) is 16.2.